The van der Waals surface area contributed by atoms with Gasteiger partial charge in [0.05, 0.1) is 5.54 Å². The molecular weight excluding hydrogens is 384 g/mol. The summed E-state index contributed by atoms with van der Waals surface area (Å²) in [5.41, 5.74) is 3.54. The molecule has 4 atom stereocenters. The van der Waals surface area contributed by atoms with E-state index in [0.717, 1.165) is 24.8 Å². The Morgan fingerprint density at radius 3 is 2.42 bits per heavy atom. The topological polar surface area (TPSA) is 45.5 Å². The number of benzene rings is 2. The van der Waals surface area contributed by atoms with Gasteiger partial charge in [-0.2, -0.15) is 0 Å². The minimum atomic E-state index is -0.768. The first kappa shape index (κ1) is 18.7. The van der Waals surface area contributed by atoms with Gasteiger partial charge in [-0.1, -0.05) is 42.5 Å². The molecule has 4 bridgehead atoms. The second kappa shape index (κ2) is 6.74. The van der Waals surface area contributed by atoms with Crippen molar-refractivity contribution in [2.45, 2.75) is 49.6 Å². The summed E-state index contributed by atoms with van der Waals surface area (Å²) in [7, 11) is 0. The lowest BCUT2D eigenvalue weighted by atomic mass is 9.65. The summed E-state index contributed by atoms with van der Waals surface area (Å²) in [5, 5.41) is 10.3. The smallest absolute Gasteiger partial charge is 0.408 e. The van der Waals surface area contributed by atoms with E-state index in [9.17, 15) is 9.90 Å². The fraction of sp³-hybridized carbons (Fsp3) is 0.370. The maximum Gasteiger partial charge on any atom is 0.408 e. The first-order chi connectivity index (χ1) is 15.1. The van der Waals surface area contributed by atoms with Gasteiger partial charge in [0.1, 0.15) is 0 Å². The van der Waals surface area contributed by atoms with E-state index in [-0.39, 0.29) is 11.0 Å². The highest BCUT2D eigenvalue weighted by atomic mass is 16.4. The third-order valence-electron chi connectivity index (χ3n) is 8.32. The van der Waals surface area contributed by atoms with Crippen molar-refractivity contribution < 1.29 is 9.90 Å². The van der Waals surface area contributed by atoms with Crippen molar-refractivity contribution >= 4 is 6.09 Å². The number of aromatic nitrogens is 1. The summed E-state index contributed by atoms with van der Waals surface area (Å²) < 4.78 is 2.13. The van der Waals surface area contributed by atoms with Gasteiger partial charge in [-0.25, -0.2) is 4.79 Å². The number of nitrogens with zero attached hydrogens (tertiary/aromatic N) is 2. The molecule has 1 N–H and O–H groups in total. The second-order valence-electron chi connectivity index (χ2n) is 9.96. The van der Waals surface area contributed by atoms with E-state index in [4.69, 9.17) is 0 Å². The molecule has 4 aliphatic rings. The van der Waals surface area contributed by atoms with Crippen LogP contribution in [0.2, 0.25) is 0 Å². The molecule has 31 heavy (non-hydrogen) atoms. The van der Waals surface area contributed by atoms with Crippen LogP contribution < -0.4 is 0 Å². The van der Waals surface area contributed by atoms with E-state index in [0.29, 0.717) is 18.4 Å². The predicted molar refractivity (Wildman–Crippen MR) is 120 cm³/mol. The maximum absolute atomic E-state index is 12.5. The molecule has 4 fully saturated rings. The van der Waals surface area contributed by atoms with Crippen LogP contribution in [0.3, 0.4) is 0 Å². The monoisotopic (exact) mass is 412 g/mol. The van der Waals surface area contributed by atoms with Gasteiger partial charge in [-0.05, 0) is 84.7 Å². The quantitative estimate of drug-likeness (QED) is 0.571. The van der Waals surface area contributed by atoms with E-state index in [1.165, 1.54) is 24.1 Å². The summed E-state index contributed by atoms with van der Waals surface area (Å²) in [4.78, 5) is 14.3. The summed E-state index contributed by atoms with van der Waals surface area (Å²) >= 11 is 0. The van der Waals surface area contributed by atoms with Crippen LogP contribution >= 0.6 is 0 Å². The number of amides is 1. The summed E-state index contributed by atoms with van der Waals surface area (Å²) in [6.07, 6.45) is 8.86. The van der Waals surface area contributed by atoms with Crippen molar-refractivity contribution in [3.8, 4) is 5.69 Å². The molecule has 0 spiro atoms. The molecule has 4 nitrogen and oxygen atoms in total. The molecule has 2 aromatic carbocycles. The second-order valence-corrected chi connectivity index (χ2v) is 9.96. The molecule has 1 heterocycles. The van der Waals surface area contributed by atoms with Crippen LogP contribution in [0.5, 0.6) is 0 Å². The zero-order chi connectivity index (χ0) is 21.1. The van der Waals surface area contributed by atoms with Crippen LogP contribution in [0, 0.1) is 11.8 Å². The Morgan fingerprint density at radius 2 is 1.71 bits per heavy atom. The minimum Gasteiger partial charge on any atom is -0.465 e. The predicted octanol–water partition coefficient (Wildman–Crippen LogP) is 5.86. The highest BCUT2D eigenvalue weighted by Crippen LogP contribution is 2.68. The van der Waals surface area contributed by atoms with Gasteiger partial charge >= 0.3 is 6.09 Å². The molecular formula is C27H28N2O2. The molecule has 4 aliphatic carbocycles. The molecule has 0 saturated heterocycles. The molecule has 3 aromatic rings. The Bertz CT molecular complexity index is 1090. The van der Waals surface area contributed by atoms with Crippen LogP contribution in [0.15, 0.2) is 79.1 Å². The standard InChI is InChI=1S/C27H28N2O2/c30-25(31)29(18-20-6-2-1-3-7-20)27-16-21-14-23(27)17-26(15-21,19-27)22-8-10-24(11-9-22)28-12-4-5-13-28/h1-13,21,23H,14-19H2,(H,30,31). The van der Waals surface area contributed by atoms with Gasteiger partial charge in [-0.3, -0.25) is 4.90 Å². The van der Waals surface area contributed by atoms with Crippen molar-refractivity contribution in [1.29, 1.82) is 0 Å². The highest BCUT2D eigenvalue weighted by molar-refractivity contribution is 5.67. The number of carboxylic acid groups (broad SMARTS) is 1. The van der Waals surface area contributed by atoms with Crippen LogP contribution in [0.1, 0.15) is 43.2 Å². The Labute approximate surface area is 183 Å². The summed E-state index contributed by atoms with van der Waals surface area (Å²) in [6.45, 7) is 0.488. The van der Waals surface area contributed by atoms with Crippen LogP contribution in [0.25, 0.3) is 5.69 Å². The van der Waals surface area contributed by atoms with Crippen molar-refractivity contribution in [2.75, 3.05) is 0 Å². The minimum absolute atomic E-state index is 0.117. The lowest BCUT2D eigenvalue weighted by Gasteiger charge is -2.45. The molecule has 4 unspecified atom stereocenters. The zero-order valence-corrected chi connectivity index (χ0v) is 17.7. The van der Waals surface area contributed by atoms with E-state index in [2.05, 4.69) is 41.2 Å². The summed E-state index contributed by atoms with van der Waals surface area (Å²) in [5.74, 6) is 1.10. The number of carbonyl (C=O) groups is 1. The Balaban J connectivity index is 1.33. The Hall–Kier alpha value is -3.01. The molecule has 0 radical (unpaired) electrons. The Kier molecular flexibility index (Phi) is 4.08. The van der Waals surface area contributed by atoms with Crippen molar-refractivity contribution in [3.63, 3.8) is 0 Å². The highest BCUT2D eigenvalue weighted by Gasteiger charge is 2.67. The SMILES string of the molecule is O=C(O)N(Cc1ccccc1)C12CC3CC1CC(c1ccc(-n4cccc4)cc1)(C3)C2. The van der Waals surface area contributed by atoms with Gasteiger partial charge in [0.2, 0.25) is 0 Å². The molecule has 1 aromatic heterocycles. The molecule has 0 aliphatic heterocycles. The maximum atomic E-state index is 12.5. The first-order valence-electron chi connectivity index (χ1n) is 11.4. The van der Waals surface area contributed by atoms with Crippen molar-refractivity contribution in [1.82, 2.24) is 9.47 Å². The number of rotatable bonds is 5. The molecule has 1 amide bonds. The first-order valence-corrected chi connectivity index (χ1v) is 11.4. The zero-order valence-electron chi connectivity index (χ0n) is 17.7. The average molecular weight is 413 g/mol. The van der Waals surface area contributed by atoms with Gasteiger partial charge < -0.3 is 9.67 Å². The van der Waals surface area contributed by atoms with Crippen LogP contribution in [-0.4, -0.2) is 26.2 Å². The number of hydrogen-bond acceptors (Lipinski definition) is 1. The van der Waals surface area contributed by atoms with Crippen molar-refractivity contribution in [3.05, 3.63) is 90.3 Å². The summed E-state index contributed by atoms with van der Waals surface area (Å²) in [6, 6.07) is 23.2. The molecule has 4 saturated carbocycles. The third kappa shape index (κ3) is 2.84. The Morgan fingerprint density at radius 1 is 0.968 bits per heavy atom. The van der Waals surface area contributed by atoms with E-state index in [1.807, 2.05) is 47.4 Å². The average Bonchev–Trinajstić information content (AvgIpc) is 3.45. The largest absolute Gasteiger partial charge is 0.465 e. The third-order valence-corrected chi connectivity index (χ3v) is 8.32. The molecule has 158 valence electrons. The van der Waals surface area contributed by atoms with Crippen LogP contribution in [0.4, 0.5) is 4.79 Å². The van der Waals surface area contributed by atoms with E-state index < -0.39 is 6.09 Å². The van der Waals surface area contributed by atoms with E-state index in [1.54, 1.807) is 0 Å². The van der Waals surface area contributed by atoms with Crippen molar-refractivity contribution in [2.24, 2.45) is 11.8 Å². The lowest BCUT2D eigenvalue weighted by Crippen LogP contribution is -2.53. The number of hydrogen-bond donors (Lipinski definition) is 1. The lowest BCUT2D eigenvalue weighted by molar-refractivity contribution is 0.0452. The van der Waals surface area contributed by atoms with Gasteiger partial charge in [-0.15, -0.1) is 0 Å². The normalized spacial score (nSPS) is 30.6. The van der Waals surface area contributed by atoms with Gasteiger partial charge in [0.15, 0.2) is 0 Å². The van der Waals surface area contributed by atoms with Crippen LogP contribution in [-0.2, 0) is 12.0 Å². The fourth-order valence-electron chi connectivity index (χ4n) is 7.29. The molecule has 4 heteroatoms. The van der Waals surface area contributed by atoms with E-state index >= 15 is 0 Å². The van der Waals surface area contributed by atoms with Gasteiger partial charge in [0, 0.05) is 24.6 Å². The molecule has 7 rings (SSSR count). The van der Waals surface area contributed by atoms with Gasteiger partial charge in [0.25, 0.3) is 0 Å². The fourth-order valence-corrected chi connectivity index (χ4v) is 7.29.